The van der Waals surface area contributed by atoms with Crippen LogP contribution in [0, 0.1) is 5.82 Å². The summed E-state index contributed by atoms with van der Waals surface area (Å²) < 4.78 is 41.4. The van der Waals surface area contributed by atoms with Crippen LogP contribution in [0.25, 0.3) is 0 Å². The van der Waals surface area contributed by atoms with E-state index in [0.717, 1.165) is 17.1 Å². The summed E-state index contributed by atoms with van der Waals surface area (Å²) in [6, 6.07) is 10.7. The first-order chi connectivity index (χ1) is 12.9. The van der Waals surface area contributed by atoms with E-state index < -0.39 is 21.9 Å². The van der Waals surface area contributed by atoms with Crippen LogP contribution in [-0.4, -0.2) is 31.2 Å². The summed E-state index contributed by atoms with van der Waals surface area (Å²) in [5.74, 6) is -0.789. The van der Waals surface area contributed by atoms with E-state index >= 15 is 0 Å². The van der Waals surface area contributed by atoms with Crippen molar-refractivity contribution < 1.29 is 17.6 Å². The summed E-state index contributed by atoms with van der Waals surface area (Å²) in [4.78, 5) is 12.6. The second-order valence-corrected chi connectivity index (χ2v) is 8.76. The number of sulfonamides is 1. The van der Waals surface area contributed by atoms with Gasteiger partial charge in [0.05, 0.1) is 4.90 Å². The molecule has 0 aliphatic carbocycles. The number of benzene rings is 2. The average Bonchev–Trinajstić information content (AvgIpc) is 2.84. The van der Waals surface area contributed by atoms with Gasteiger partial charge in [-0.15, -0.1) is 0 Å². The van der Waals surface area contributed by atoms with E-state index in [4.69, 9.17) is 11.6 Å². The SMILES string of the molecule is O=C1NCCCC[C@H]1N(Cc1cccc(F)c1)S(=O)(=O)c1ccc(Cl)cc1. The maximum Gasteiger partial charge on any atom is 0.244 e. The average molecular weight is 411 g/mol. The van der Waals surface area contributed by atoms with Crippen LogP contribution in [0.4, 0.5) is 4.39 Å². The molecule has 0 radical (unpaired) electrons. The number of hydrogen-bond acceptors (Lipinski definition) is 3. The topological polar surface area (TPSA) is 66.5 Å². The lowest BCUT2D eigenvalue weighted by atomic mass is 10.1. The molecule has 0 aromatic heterocycles. The van der Waals surface area contributed by atoms with E-state index in [9.17, 15) is 17.6 Å². The van der Waals surface area contributed by atoms with Crippen molar-refractivity contribution in [3.63, 3.8) is 0 Å². The second-order valence-electron chi connectivity index (χ2n) is 6.44. The van der Waals surface area contributed by atoms with Gasteiger partial charge in [-0.05, 0) is 61.2 Å². The van der Waals surface area contributed by atoms with Gasteiger partial charge >= 0.3 is 0 Å². The maximum absolute atomic E-state index is 13.6. The molecule has 1 N–H and O–H groups in total. The third kappa shape index (κ3) is 4.66. The molecule has 144 valence electrons. The Morgan fingerprint density at radius 3 is 2.59 bits per heavy atom. The van der Waals surface area contributed by atoms with E-state index in [-0.39, 0.29) is 17.3 Å². The third-order valence-corrected chi connectivity index (χ3v) is 6.62. The van der Waals surface area contributed by atoms with E-state index in [2.05, 4.69) is 5.32 Å². The molecule has 27 heavy (non-hydrogen) atoms. The van der Waals surface area contributed by atoms with Crippen molar-refractivity contribution in [2.75, 3.05) is 6.54 Å². The highest BCUT2D eigenvalue weighted by Crippen LogP contribution is 2.26. The fourth-order valence-corrected chi connectivity index (χ4v) is 4.85. The van der Waals surface area contributed by atoms with E-state index in [1.54, 1.807) is 6.07 Å². The second kappa shape index (κ2) is 8.37. The van der Waals surface area contributed by atoms with Gasteiger partial charge in [0.2, 0.25) is 15.9 Å². The molecular weight excluding hydrogens is 391 g/mol. The zero-order valence-corrected chi connectivity index (χ0v) is 16.1. The zero-order chi connectivity index (χ0) is 19.4. The van der Waals surface area contributed by atoms with Crippen molar-refractivity contribution in [3.05, 3.63) is 64.9 Å². The molecule has 8 heteroatoms. The number of carbonyl (C=O) groups is 1. The van der Waals surface area contributed by atoms with Crippen LogP contribution >= 0.6 is 11.6 Å². The Morgan fingerprint density at radius 1 is 1.15 bits per heavy atom. The third-order valence-electron chi connectivity index (χ3n) is 4.50. The molecule has 1 heterocycles. The van der Waals surface area contributed by atoms with Gasteiger partial charge in [-0.2, -0.15) is 4.31 Å². The largest absolute Gasteiger partial charge is 0.355 e. The van der Waals surface area contributed by atoms with Gasteiger partial charge in [0.15, 0.2) is 0 Å². The molecule has 1 fully saturated rings. The van der Waals surface area contributed by atoms with Crippen molar-refractivity contribution in [1.82, 2.24) is 9.62 Å². The van der Waals surface area contributed by atoms with Crippen LogP contribution < -0.4 is 5.32 Å². The zero-order valence-electron chi connectivity index (χ0n) is 14.6. The Morgan fingerprint density at radius 2 is 1.89 bits per heavy atom. The lowest BCUT2D eigenvalue weighted by molar-refractivity contribution is -0.124. The van der Waals surface area contributed by atoms with E-state index in [1.807, 2.05) is 0 Å². The predicted octanol–water partition coefficient (Wildman–Crippen LogP) is 3.34. The van der Waals surface area contributed by atoms with Crippen LogP contribution in [-0.2, 0) is 21.4 Å². The molecule has 1 amide bonds. The summed E-state index contributed by atoms with van der Waals surface area (Å²) in [5, 5.41) is 3.18. The van der Waals surface area contributed by atoms with Crippen molar-refractivity contribution >= 4 is 27.5 Å². The normalized spacial score (nSPS) is 18.2. The van der Waals surface area contributed by atoms with Gasteiger partial charge in [-0.25, -0.2) is 12.8 Å². The molecule has 0 saturated carbocycles. The van der Waals surface area contributed by atoms with Crippen molar-refractivity contribution in [1.29, 1.82) is 0 Å². The molecular formula is C19H20ClFN2O3S. The molecule has 0 bridgehead atoms. The lowest BCUT2D eigenvalue weighted by Gasteiger charge is -2.29. The molecule has 1 aliphatic heterocycles. The van der Waals surface area contributed by atoms with Gasteiger partial charge < -0.3 is 5.32 Å². The smallest absolute Gasteiger partial charge is 0.244 e. The number of rotatable bonds is 5. The Balaban J connectivity index is 2.02. The first-order valence-corrected chi connectivity index (χ1v) is 10.5. The highest BCUT2D eigenvalue weighted by atomic mass is 35.5. The van der Waals surface area contributed by atoms with Gasteiger partial charge in [-0.1, -0.05) is 23.7 Å². The van der Waals surface area contributed by atoms with Gasteiger partial charge in [0.25, 0.3) is 0 Å². The fraction of sp³-hybridized carbons (Fsp3) is 0.316. The van der Waals surface area contributed by atoms with Crippen LogP contribution in [0.5, 0.6) is 0 Å². The molecule has 1 saturated heterocycles. The van der Waals surface area contributed by atoms with E-state index in [0.29, 0.717) is 23.6 Å². The summed E-state index contributed by atoms with van der Waals surface area (Å²) in [5.41, 5.74) is 0.476. The predicted molar refractivity (Wildman–Crippen MR) is 101 cm³/mol. The highest BCUT2D eigenvalue weighted by Gasteiger charge is 2.36. The lowest BCUT2D eigenvalue weighted by Crippen LogP contribution is -2.48. The number of carbonyl (C=O) groups excluding carboxylic acids is 1. The summed E-state index contributed by atoms with van der Waals surface area (Å²) in [7, 11) is -3.99. The molecule has 0 unspecified atom stereocenters. The fourth-order valence-electron chi connectivity index (χ4n) is 3.12. The van der Waals surface area contributed by atoms with Gasteiger partial charge in [-0.3, -0.25) is 4.79 Å². The highest BCUT2D eigenvalue weighted by molar-refractivity contribution is 7.89. The number of amides is 1. The molecule has 1 aliphatic rings. The molecule has 0 spiro atoms. The molecule has 3 rings (SSSR count). The maximum atomic E-state index is 13.6. The molecule has 2 aromatic rings. The molecule has 1 atom stereocenters. The van der Waals surface area contributed by atoms with Crippen LogP contribution in [0.15, 0.2) is 53.4 Å². The molecule has 2 aromatic carbocycles. The number of nitrogens with one attached hydrogen (secondary N) is 1. The van der Waals surface area contributed by atoms with E-state index in [1.165, 1.54) is 42.5 Å². The number of hydrogen-bond donors (Lipinski definition) is 1. The number of nitrogens with zero attached hydrogens (tertiary/aromatic N) is 1. The molecule has 5 nitrogen and oxygen atoms in total. The van der Waals surface area contributed by atoms with Crippen molar-refractivity contribution in [3.8, 4) is 0 Å². The Bertz CT molecular complexity index is 919. The van der Waals surface area contributed by atoms with Crippen LogP contribution in [0.1, 0.15) is 24.8 Å². The Labute approximate surface area is 163 Å². The van der Waals surface area contributed by atoms with Crippen LogP contribution in [0.2, 0.25) is 5.02 Å². The monoisotopic (exact) mass is 410 g/mol. The van der Waals surface area contributed by atoms with Crippen LogP contribution in [0.3, 0.4) is 0 Å². The minimum Gasteiger partial charge on any atom is -0.355 e. The van der Waals surface area contributed by atoms with Gasteiger partial charge in [0, 0.05) is 18.1 Å². The van der Waals surface area contributed by atoms with Crippen molar-refractivity contribution in [2.24, 2.45) is 0 Å². The van der Waals surface area contributed by atoms with Crippen molar-refractivity contribution in [2.45, 2.75) is 36.7 Å². The van der Waals surface area contributed by atoms with Gasteiger partial charge in [0.1, 0.15) is 11.9 Å². The first kappa shape index (κ1) is 19.8. The summed E-state index contributed by atoms with van der Waals surface area (Å²) in [6.07, 6.45) is 1.92. The quantitative estimate of drug-likeness (QED) is 0.822. The first-order valence-electron chi connectivity index (χ1n) is 8.67. The Hall–Kier alpha value is -1.96. The summed E-state index contributed by atoms with van der Waals surface area (Å²) >= 11 is 5.87. The number of halogens is 2. The summed E-state index contributed by atoms with van der Waals surface area (Å²) in [6.45, 7) is 0.422. The Kier molecular flexibility index (Phi) is 6.14. The standard InChI is InChI=1S/C19H20ClFN2O3S/c20-15-7-9-17(10-8-15)27(25,26)23(13-14-4-3-5-16(21)12-14)18-6-1-2-11-22-19(18)24/h3-5,7-10,12,18H,1-2,6,11,13H2,(H,22,24)/t18-/m1/s1. The minimum absolute atomic E-state index is 0.0420. The minimum atomic E-state index is -3.99.